The van der Waals surface area contributed by atoms with Crippen molar-refractivity contribution >= 4 is 22.9 Å². The normalized spacial score (nSPS) is 19.9. The van der Waals surface area contributed by atoms with E-state index in [1.54, 1.807) is 11.3 Å². The number of benzene rings is 1. The number of nitrogens with zero attached hydrogens (tertiary/aromatic N) is 2. The standard InChI is InChI=1S/C15H17ClN2S/c16-14-3-1-12(2-4-14)7-13-5-6-18(9-13)10-15-8-17-11-19-15/h1-4,8,11,13H,5-7,9-10H2. The van der Waals surface area contributed by atoms with Crippen molar-refractivity contribution in [2.24, 2.45) is 5.92 Å². The zero-order valence-corrected chi connectivity index (χ0v) is 12.3. The highest BCUT2D eigenvalue weighted by Gasteiger charge is 2.22. The molecule has 2 nitrogen and oxygen atoms in total. The van der Waals surface area contributed by atoms with E-state index < -0.39 is 0 Å². The van der Waals surface area contributed by atoms with Crippen LogP contribution in [0.2, 0.25) is 5.02 Å². The zero-order valence-electron chi connectivity index (χ0n) is 10.8. The fraction of sp³-hybridized carbons (Fsp3) is 0.400. The largest absolute Gasteiger partial charge is 0.298 e. The zero-order chi connectivity index (χ0) is 13.1. The predicted molar refractivity (Wildman–Crippen MR) is 80.7 cm³/mol. The van der Waals surface area contributed by atoms with E-state index in [2.05, 4.69) is 22.0 Å². The van der Waals surface area contributed by atoms with Crippen molar-refractivity contribution in [1.29, 1.82) is 0 Å². The Balaban J connectivity index is 1.53. The monoisotopic (exact) mass is 292 g/mol. The first-order valence-electron chi connectivity index (χ1n) is 6.64. The summed E-state index contributed by atoms with van der Waals surface area (Å²) in [5.41, 5.74) is 3.31. The lowest BCUT2D eigenvalue weighted by molar-refractivity contribution is 0.319. The molecule has 0 spiro atoms. The fourth-order valence-electron chi connectivity index (χ4n) is 2.72. The van der Waals surface area contributed by atoms with Gasteiger partial charge in [0.05, 0.1) is 5.51 Å². The summed E-state index contributed by atoms with van der Waals surface area (Å²) >= 11 is 7.67. The van der Waals surface area contributed by atoms with Gasteiger partial charge in [-0.05, 0) is 43.0 Å². The Kier molecular flexibility index (Phi) is 4.16. The van der Waals surface area contributed by atoms with Crippen LogP contribution in [-0.4, -0.2) is 23.0 Å². The second-order valence-corrected chi connectivity index (χ2v) is 6.60. The van der Waals surface area contributed by atoms with E-state index in [1.165, 1.54) is 30.0 Å². The molecule has 100 valence electrons. The Hall–Kier alpha value is -0.900. The Morgan fingerprint density at radius 2 is 2.16 bits per heavy atom. The van der Waals surface area contributed by atoms with Gasteiger partial charge in [0, 0.05) is 29.2 Å². The smallest absolute Gasteiger partial charge is 0.0794 e. The van der Waals surface area contributed by atoms with E-state index in [4.69, 9.17) is 11.6 Å². The van der Waals surface area contributed by atoms with Gasteiger partial charge in [0.1, 0.15) is 0 Å². The van der Waals surface area contributed by atoms with Crippen LogP contribution in [-0.2, 0) is 13.0 Å². The van der Waals surface area contributed by atoms with E-state index in [9.17, 15) is 0 Å². The van der Waals surface area contributed by atoms with Crippen molar-refractivity contribution in [1.82, 2.24) is 9.88 Å². The minimum absolute atomic E-state index is 0.772. The lowest BCUT2D eigenvalue weighted by Crippen LogP contribution is -2.20. The predicted octanol–water partition coefficient (Wildman–Crippen LogP) is 3.86. The number of aromatic nitrogens is 1. The van der Waals surface area contributed by atoms with Crippen molar-refractivity contribution in [3.63, 3.8) is 0 Å². The Morgan fingerprint density at radius 1 is 1.32 bits per heavy atom. The summed E-state index contributed by atoms with van der Waals surface area (Å²) in [5.74, 6) is 0.772. The lowest BCUT2D eigenvalue weighted by Gasteiger charge is -2.14. The maximum Gasteiger partial charge on any atom is 0.0794 e. The molecule has 1 aromatic heterocycles. The van der Waals surface area contributed by atoms with Crippen molar-refractivity contribution in [3.8, 4) is 0 Å². The molecule has 1 atom stereocenters. The van der Waals surface area contributed by atoms with Crippen LogP contribution in [0.15, 0.2) is 36.0 Å². The molecule has 3 rings (SSSR count). The maximum atomic E-state index is 5.92. The summed E-state index contributed by atoms with van der Waals surface area (Å²) in [6, 6.07) is 8.27. The first-order valence-corrected chi connectivity index (χ1v) is 7.89. The Labute approximate surface area is 123 Å². The second-order valence-electron chi connectivity index (χ2n) is 5.19. The minimum Gasteiger partial charge on any atom is -0.298 e. The van der Waals surface area contributed by atoms with Gasteiger partial charge in [-0.2, -0.15) is 0 Å². The molecule has 1 unspecified atom stereocenters. The summed E-state index contributed by atoms with van der Waals surface area (Å²) < 4.78 is 0. The minimum atomic E-state index is 0.772. The summed E-state index contributed by atoms with van der Waals surface area (Å²) in [6.45, 7) is 3.46. The van der Waals surface area contributed by atoms with Crippen LogP contribution in [0.1, 0.15) is 16.9 Å². The molecular weight excluding hydrogens is 276 g/mol. The SMILES string of the molecule is Clc1ccc(CC2CCN(Cc3cncs3)C2)cc1. The van der Waals surface area contributed by atoms with E-state index in [1.807, 2.05) is 23.8 Å². The molecule has 19 heavy (non-hydrogen) atoms. The molecule has 2 heterocycles. The molecule has 0 radical (unpaired) electrons. The number of thiazole rings is 1. The van der Waals surface area contributed by atoms with Crippen LogP contribution in [0, 0.1) is 5.92 Å². The van der Waals surface area contributed by atoms with Gasteiger partial charge in [-0.1, -0.05) is 23.7 Å². The molecule has 2 aromatic rings. The third kappa shape index (κ3) is 3.56. The molecular formula is C15H17ClN2S. The molecule has 1 aliphatic heterocycles. The summed E-state index contributed by atoms with van der Waals surface area (Å²) in [7, 11) is 0. The van der Waals surface area contributed by atoms with E-state index >= 15 is 0 Å². The van der Waals surface area contributed by atoms with Crippen LogP contribution in [0.4, 0.5) is 0 Å². The van der Waals surface area contributed by atoms with E-state index in [0.29, 0.717) is 0 Å². The summed E-state index contributed by atoms with van der Waals surface area (Å²) in [4.78, 5) is 8.04. The highest BCUT2D eigenvalue weighted by atomic mass is 35.5. The average Bonchev–Trinajstić information content (AvgIpc) is 3.05. The van der Waals surface area contributed by atoms with Crippen LogP contribution >= 0.6 is 22.9 Å². The van der Waals surface area contributed by atoms with Gasteiger partial charge in [-0.3, -0.25) is 9.88 Å². The molecule has 1 saturated heterocycles. The van der Waals surface area contributed by atoms with Gasteiger partial charge < -0.3 is 0 Å². The fourth-order valence-corrected chi connectivity index (χ4v) is 3.48. The Bertz CT molecular complexity index is 509. The first kappa shape index (κ1) is 13.1. The van der Waals surface area contributed by atoms with Gasteiger partial charge in [0.15, 0.2) is 0 Å². The highest BCUT2D eigenvalue weighted by Crippen LogP contribution is 2.23. The molecule has 0 saturated carbocycles. The molecule has 4 heteroatoms. The van der Waals surface area contributed by atoms with E-state index in [0.717, 1.165) is 23.9 Å². The number of halogens is 1. The number of likely N-dealkylation sites (tertiary alicyclic amines) is 1. The van der Waals surface area contributed by atoms with Gasteiger partial charge in [-0.25, -0.2) is 0 Å². The Morgan fingerprint density at radius 3 is 2.89 bits per heavy atom. The molecule has 0 amide bonds. The molecule has 0 N–H and O–H groups in total. The van der Waals surface area contributed by atoms with Crippen LogP contribution in [0.25, 0.3) is 0 Å². The molecule has 0 aliphatic carbocycles. The number of hydrogen-bond donors (Lipinski definition) is 0. The molecule has 0 bridgehead atoms. The van der Waals surface area contributed by atoms with Crippen LogP contribution in [0.3, 0.4) is 0 Å². The molecule has 1 aromatic carbocycles. The van der Waals surface area contributed by atoms with Crippen molar-refractivity contribution < 1.29 is 0 Å². The van der Waals surface area contributed by atoms with Crippen LogP contribution in [0.5, 0.6) is 0 Å². The molecule has 1 aliphatic rings. The van der Waals surface area contributed by atoms with Crippen LogP contribution < -0.4 is 0 Å². The van der Waals surface area contributed by atoms with E-state index in [-0.39, 0.29) is 0 Å². The van der Waals surface area contributed by atoms with Gasteiger partial charge in [0.25, 0.3) is 0 Å². The van der Waals surface area contributed by atoms with Gasteiger partial charge in [0.2, 0.25) is 0 Å². The summed E-state index contributed by atoms with van der Waals surface area (Å²) in [6.07, 6.45) is 4.44. The number of hydrogen-bond acceptors (Lipinski definition) is 3. The van der Waals surface area contributed by atoms with Crippen molar-refractivity contribution in [3.05, 3.63) is 51.4 Å². The maximum absolute atomic E-state index is 5.92. The van der Waals surface area contributed by atoms with Gasteiger partial charge >= 0.3 is 0 Å². The number of rotatable bonds is 4. The lowest BCUT2D eigenvalue weighted by atomic mass is 9.99. The topological polar surface area (TPSA) is 16.1 Å². The van der Waals surface area contributed by atoms with Crippen molar-refractivity contribution in [2.45, 2.75) is 19.4 Å². The summed E-state index contributed by atoms with van der Waals surface area (Å²) in [5, 5.41) is 0.821. The quantitative estimate of drug-likeness (QED) is 0.851. The van der Waals surface area contributed by atoms with Crippen molar-refractivity contribution in [2.75, 3.05) is 13.1 Å². The first-order chi connectivity index (χ1) is 9.29. The second kappa shape index (κ2) is 6.04. The molecule has 1 fully saturated rings. The third-order valence-corrected chi connectivity index (χ3v) is 4.69. The average molecular weight is 293 g/mol. The van der Waals surface area contributed by atoms with Gasteiger partial charge in [-0.15, -0.1) is 11.3 Å². The third-order valence-electron chi connectivity index (χ3n) is 3.67. The highest BCUT2D eigenvalue weighted by molar-refractivity contribution is 7.09.